The predicted molar refractivity (Wildman–Crippen MR) is 73.7 cm³/mol. The van der Waals surface area contributed by atoms with Gasteiger partial charge >= 0.3 is 5.97 Å². The van der Waals surface area contributed by atoms with Gasteiger partial charge in [0.25, 0.3) is 0 Å². The van der Waals surface area contributed by atoms with Gasteiger partial charge < -0.3 is 14.2 Å². The molecule has 0 amide bonds. The van der Waals surface area contributed by atoms with Gasteiger partial charge in [0.15, 0.2) is 5.79 Å². The molecule has 0 N–H and O–H groups in total. The maximum absolute atomic E-state index is 11.4. The SMILES string of the molecule is CCOC(=O)/C(C)=C\CC[C@H](C)[C@H]1COC(C)(C)O1. The van der Waals surface area contributed by atoms with Crippen molar-refractivity contribution < 1.29 is 19.0 Å². The van der Waals surface area contributed by atoms with Crippen LogP contribution in [0.4, 0.5) is 0 Å². The molecule has 0 bridgehead atoms. The van der Waals surface area contributed by atoms with Gasteiger partial charge in [-0.1, -0.05) is 13.0 Å². The van der Waals surface area contributed by atoms with Gasteiger partial charge in [-0.25, -0.2) is 4.79 Å². The summed E-state index contributed by atoms with van der Waals surface area (Å²) in [6, 6.07) is 0. The average Bonchev–Trinajstić information content (AvgIpc) is 2.69. The number of carbonyl (C=O) groups is 1. The molecular formula is C15H26O4. The Morgan fingerprint density at radius 2 is 2.21 bits per heavy atom. The van der Waals surface area contributed by atoms with Crippen LogP contribution in [-0.2, 0) is 19.0 Å². The highest BCUT2D eigenvalue weighted by Gasteiger charge is 2.35. The molecule has 1 heterocycles. The Bertz CT molecular complexity index is 333. The highest BCUT2D eigenvalue weighted by molar-refractivity contribution is 5.87. The minimum atomic E-state index is -0.463. The Morgan fingerprint density at radius 1 is 1.53 bits per heavy atom. The molecule has 1 aliphatic rings. The van der Waals surface area contributed by atoms with E-state index in [1.165, 1.54) is 0 Å². The van der Waals surface area contributed by atoms with Gasteiger partial charge in [0.2, 0.25) is 0 Å². The van der Waals surface area contributed by atoms with E-state index in [0.717, 1.165) is 12.8 Å². The first-order valence-electron chi connectivity index (χ1n) is 7.01. The lowest BCUT2D eigenvalue weighted by Crippen LogP contribution is -2.25. The van der Waals surface area contributed by atoms with Gasteiger partial charge in [-0.05, 0) is 46.5 Å². The summed E-state index contributed by atoms with van der Waals surface area (Å²) in [5.41, 5.74) is 0.679. The fourth-order valence-corrected chi connectivity index (χ4v) is 2.07. The number of carbonyl (C=O) groups excluding carboxylic acids is 1. The van der Waals surface area contributed by atoms with Gasteiger partial charge in [-0.3, -0.25) is 0 Å². The van der Waals surface area contributed by atoms with Crippen LogP contribution < -0.4 is 0 Å². The standard InChI is InChI=1S/C15H26O4/c1-6-17-14(16)12(3)9-7-8-11(2)13-10-18-15(4,5)19-13/h9,11,13H,6-8,10H2,1-5H3/b12-9-/t11-,13+/m0/s1. The first-order chi connectivity index (χ1) is 8.85. The van der Waals surface area contributed by atoms with E-state index in [2.05, 4.69) is 6.92 Å². The van der Waals surface area contributed by atoms with E-state index in [4.69, 9.17) is 14.2 Å². The van der Waals surface area contributed by atoms with Crippen LogP contribution in [0.5, 0.6) is 0 Å². The van der Waals surface area contributed by atoms with Crippen LogP contribution in [0.2, 0.25) is 0 Å². The van der Waals surface area contributed by atoms with Crippen LogP contribution in [0.25, 0.3) is 0 Å². The van der Waals surface area contributed by atoms with Crippen molar-refractivity contribution in [3.8, 4) is 0 Å². The monoisotopic (exact) mass is 270 g/mol. The summed E-state index contributed by atoms with van der Waals surface area (Å²) in [5, 5.41) is 0. The third kappa shape index (κ3) is 5.33. The Labute approximate surface area is 116 Å². The lowest BCUT2D eigenvalue weighted by molar-refractivity contribution is -0.143. The van der Waals surface area contributed by atoms with E-state index in [1.54, 1.807) is 6.92 Å². The number of hydrogen-bond donors (Lipinski definition) is 0. The summed E-state index contributed by atoms with van der Waals surface area (Å²) < 4.78 is 16.3. The van der Waals surface area contributed by atoms with E-state index < -0.39 is 5.79 Å². The number of esters is 1. The molecule has 4 heteroatoms. The molecule has 2 atom stereocenters. The summed E-state index contributed by atoms with van der Waals surface area (Å²) in [7, 11) is 0. The largest absolute Gasteiger partial charge is 0.463 e. The Balaban J connectivity index is 2.33. The van der Waals surface area contributed by atoms with Gasteiger partial charge in [0, 0.05) is 5.57 Å². The zero-order chi connectivity index (χ0) is 14.5. The molecule has 0 aromatic heterocycles. The molecule has 1 rings (SSSR count). The normalized spacial score (nSPS) is 24.3. The van der Waals surface area contributed by atoms with Crippen molar-refractivity contribution in [1.29, 1.82) is 0 Å². The quantitative estimate of drug-likeness (QED) is 0.549. The topological polar surface area (TPSA) is 44.8 Å². The summed E-state index contributed by atoms with van der Waals surface area (Å²) >= 11 is 0. The molecule has 4 nitrogen and oxygen atoms in total. The second-order valence-corrected chi connectivity index (χ2v) is 5.53. The van der Waals surface area contributed by atoms with Crippen LogP contribution >= 0.6 is 0 Å². The van der Waals surface area contributed by atoms with Crippen molar-refractivity contribution in [2.75, 3.05) is 13.2 Å². The van der Waals surface area contributed by atoms with Crippen molar-refractivity contribution in [3.63, 3.8) is 0 Å². The van der Waals surface area contributed by atoms with Crippen molar-refractivity contribution in [1.82, 2.24) is 0 Å². The Hall–Kier alpha value is -0.870. The smallest absolute Gasteiger partial charge is 0.333 e. The minimum Gasteiger partial charge on any atom is -0.463 e. The molecule has 0 saturated carbocycles. The fraction of sp³-hybridized carbons (Fsp3) is 0.800. The number of rotatable bonds is 6. The van der Waals surface area contributed by atoms with Crippen molar-refractivity contribution in [2.45, 2.75) is 59.4 Å². The van der Waals surface area contributed by atoms with E-state index in [-0.39, 0.29) is 12.1 Å². The highest BCUT2D eigenvalue weighted by atomic mass is 16.7. The van der Waals surface area contributed by atoms with E-state index in [0.29, 0.717) is 24.7 Å². The van der Waals surface area contributed by atoms with E-state index >= 15 is 0 Å². The first-order valence-corrected chi connectivity index (χ1v) is 7.01. The summed E-state index contributed by atoms with van der Waals surface area (Å²) in [6.45, 7) is 10.7. The van der Waals surface area contributed by atoms with Crippen LogP contribution in [0.15, 0.2) is 11.6 Å². The molecule has 0 aromatic rings. The third-order valence-electron chi connectivity index (χ3n) is 3.34. The lowest BCUT2D eigenvalue weighted by atomic mass is 9.99. The maximum atomic E-state index is 11.4. The Kier molecular flexibility index (Phi) is 6.01. The molecule has 0 aliphatic carbocycles. The number of hydrogen-bond acceptors (Lipinski definition) is 4. The molecule has 0 spiro atoms. The molecule has 0 unspecified atom stereocenters. The van der Waals surface area contributed by atoms with Gasteiger partial charge in [0.05, 0.1) is 19.3 Å². The lowest BCUT2D eigenvalue weighted by Gasteiger charge is -2.20. The average molecular weight is 270 g/mol. The maximum Gasteiger partial charge on any atom is 0.333 e. The molecule has 0 aromatic carbocycles. The molecule has 0 radical (unpaired) electrons. The van der Waals surface area contributed by atoms with Crippen LogP contribution in [0.3, 0.4) is 0 Å². The molecule has 1 aliphatic heterocycles. The molecule has 1 fully saturated rings. The van der Waals surface area contributed by atoms with Gasteiger partial charge in [-0.2, -0.15) is 0 Å². The molecular weight excluding hydrogens is 244 g/mol. The van der Waals surface area contributed by atoms with Crippen LogP contribution in [-0.4, -0.2) is 31.1 Å². The third-order valence-corrected chi connectivity index (χ3v) is 3.34. The molecule has 110 valence electrons. The zero-order valence-corrected chi connectivity index (χ0v) is 12.7. The zero-order valence-electron chi connectivity index (χ0n) is 12.7. The highest BCUT2D eigenvalue weighted by Crippen LogP contribution is 2.28. The van der Waals surface area contributed by atoms with Crippen molar-refractivity contribution in [2.24, 2.45) is 5.92 Å². The molecule has 1 saturated heterocycles. The summed E-state index contributed by atoms with van der Waals surface area (Å²) in [6.07, 6.45) is 3.91. The van der Waals surface area contributed by atoms with Crippen LogP contribution in [0, 0.1) is 5.92 Å². The second kappa shape index (κ2) is 7.06. The van der Waals surface area contributed by atoms with Gasteiger partial charge in [0.1, 0.15) is 0 Å². The minimum absolute atomic E-state index is 0.145. The van der Waals surface area contributed by atoms with Gasteiger partial charge in [-0.15, -0.1) is 0 Å². The van der Waals surface area contributed by atoms with E-state index in [9.17, 15) is 4.79 Å². The summed E-state index contributed by atoms with van der Waals surface area (Å²) in [4.78, 5) is 11.4. The Morgan fingerprint density at radius 3 is 2.74 bits per heavy atom. The first kappa shape index (κ1) is 16.2. The fourth-order valence-electron chi connectivity index (χ4n) is 2.07. The number of allylic oxidation sites excluding steroid dienone is 1. The summed E-state index contributed by atoms with van der Waals surface area (Å²) in [5.74, 6) is -0.278. The predicted octanol–water partition coefficient (Wildman–Crippen LogP) is 3.06. The van der Waals surface area contributed by atoms with Crippen molar-refractivity contribution in [3.05, 3.63) is 11.6 Å². The van der Waals surface area contributed by atoms with E-state index in [1.807, 2.05) is 26.8 Å². The number of ether oxygens (including phenoxy) is 3. The second-order valence-electron chi connectivity index (χ2n) is 5.53. The van der Waals surface area contributed by atoms with Crippen LogP contribution in [0.1, 0.15) is 47.5 Å². The molecule has 19 heavy (non-hydrogen) atoms. The van der Waals surface area contributed by atoms with Crippen molar-refractivity contribution >= 4 is 5.97 Å².